The van der Waals surface area contributed by atoms with E-state index >= 15 is 0 Å². The summed E-state index contributed by atoms with van der Waals surface area (Å²) in [4.78, 5) is 17.3. The minimum atomic E-state index is -0.166. The van der Waals surface area contributed by atoms with Crippen LogP contribution in [0.25, 0.3) is 0 Å². The van der Waals surface area contributed by atoms with Gasteiger partial charge in [0.05, 0.1) is 13.2 Å². The second-order valence-corrected chi connectivity index (χ2v) is 4.88. The number of pyridine rings is 1. The first-order valence-electron chi connectivity index (χ1n) is 6.14. The van der Waals surface area contributed by atoms with Crippen LogP contribution < -0.4 is 4.90 Å². The fraction of sp³-hybridized carbons (Fsp3) is 0.538. The molecular weight excluding hydrogens is 232 g/mol. The average molecular weight is 250 g/mol. The Balaban J connectivity index is 2.21. The zero-order chi connectivity index (χ0) is 13.1. The van der Waals surface area contributed by atoms with E-state index in [-0.39, 0.29) is 18.3 Å². The molecule has 1 aliphatic rings. The number of amides is 1. The number of ether oxygens (including phenoxy) is 1. The molecule has 1 aromatic rings. The van der Waals surface area contributed by atoms with Gasteiger partial charge in [-0.2, -0.15) is 0 Å². The molecule has 0 bridgehead atoms. The van der Waals surface area contributed by atoms with Crippen molar-refractivity contribution in [3.05, 3.63) is 17.8 Å². The number of hydrogen-bond acceptors (Lipinski definition) is 4. The van der Waals surface area contributed by atoms with Gasteiger partial charge in [-0.3, -0.25) is 9.69 Å². The summed E-state index contributed by atoms with van der Waals surface area (Å²) in [6.07, 6.45) is 2.58. The van der Waals surface area contributed by atoms with Gasteiger partial charge in [-0.05, 0) is 24.0 Å². The van der Waals surface area contributed by atoms with Crippen molar-refractivity contribution >= 4 is 11.7 Å². The van der Waals surface area contributed by atoms with Crippen molar-refractivity contribution in [1.29, 1.82) is 0 Å². The Kier molecular flexibility index (Phi) is 3.81. The van der Waals surface area contributed by atoms with Crippen molar-refractivity contribution in [2.45, 2.75) is 20.3 Å². The number of hydrogen-bond donors (Lipinski definition) is 1. The maximum absolute atomic E-state index is 11.7. The average Bonchev–Trinajstić information content (AvgIpc) is 2.30. The van der Waals surface area contributed by atoms with E-state index < -0.39 is 0 Å². The summed E-state index contributed by atoms with van der Waals surface area (Å²) in [6.45, 7) is 5.17. The molecule has 1 amide bonds. The molecule has 18 heavy (non-hydrogen) atoms. The monoisotopic (exact) mass is 250 g/mol. The van der Waals surface area contributed by atoms with Crippen molar-refractivity contribution < 1.29 is 14.6 Å². The highest BCUT2D eigenvalue weighted by atomic mass is 16.5. The van der Waals surface area contributed by atoms with E-state index in [1.54, 1.807) is 12.3 Å². The van der Waals surface area contributed by atoms with Crippen LogP contribution in [-0.2, 0) is 16.0 Å². The molecule has 1 aliphatic heterocycles. The molecule has 98 valence electrons. The summed E-state index contributed by atoms with van der Waals surface area (Å²) in [6, 6.07) is 1.69. The lowest BCUT2D eigenvalue weighted by atomic mass is 10.0. The summed E-state index contributed by atoms with van der Waals surface area (Å²) < 4.78 is 5.05. The predicted octanol–water partition coefficient (Wildman–Crippen LogP) is 1.35. The Morgan fingerprint density at radius 2 is 2.33 bits per heavy atom. The van der Waals surface area contributed by atoms with Gasteiger partial charge in [-0.15, -0.1) is 0 Å². The molecular formula is C13H18N2O3. The molecule has 0 radical (unpaired) electrons. The Morgan fingerprint density at radius 1 is 1.56 bits per heavy atom. The highest BCUT2D eigenvalue weighted by Crippen LogP contribution is 2.27. The number of nitrogens with zero attached hydrogens (tertiary/aromatic N) is 2. The number of carbonyl (C=O) groups excluding carboxylic acids is 1. The van der Waals surface area contributed by atoms with Gasteiger partial charge in [0.2, 0.25) is 0 Å². The van der Waals surface area contributed by atoms with Crippen LogP contribution in [0.3, 0.4) is 0 Å². The smallest absolute Gasteiger partial charge is 0.254 e. The molecule has 1 N–H and O–H groups in total. The molecule has 0 aromatic carbocycles. The van der Waals surface area contributed by atoms with E-state index in [4.69, 9.17) is 4.74 Å². The van der Waals surface area contributed by atoms with E-state index in [1.807, 2.05) is 0 Å². The molecule has 2 heterocycles. The van der Waals surface area contributed by atoms with E-state index in [0.717, 1.165) is 12.0 Å². The van der Waals surface area contributed by atoms with Gasteiger partial charge in [0.25, 0.3) is 5.91 Å². The highest BCUT2D eigenvalue weighted by Gasteiger charge is 2.23. The van der Waals surface area contributed by atoms with Gasteiger partial charge in [0, 0.05) is 6.20 Å². The first-order valence-corrected chi connectivity index (χ1v) is 6.14. The van der Waals surface area contributed by atoms with Crippen LogP contribution in [0.5, 0.6) is 5.75 Å². The van der Waals surface area contributed by atoms with Crippen LogP contribution >= 0.6 is 0 Å². The summed E-state index contributed by atoms with van der Waals surface area (Å²) in [7, 11) is 0. The third-order valence-corrected chi connectivity index (χ3v) is 2.79. The second kappa shape index (κ2) is 5.35. The van der Waals surface area contributed by atoms with E-state index in [2.05, 4.69) is 18.8 Å². The summed E-state index contributed by atoms with van der Waals surface area (Å²) >= 11 is 0. The summed E-state index contributed by atoms with van der Waals surface area (Å²) in [5, 5.41) is 9.98. The van der Waals surface area contributed by atoms with Crippen LogP contribution in [-0.4, -0.2) is 35.8 Å². The topological polar surface area (TPSA) is 62.7 Å². The lowest BCUT2D eigenvalue weighted by molar-refractivity contribution is -0.125. The number of aromatic hydroxyl groups is 1. The number of anilines is 1. The predicted molar refractivity (Wildman–Crippen MR) is 67.6 cm³/mol. The van der Waals surface area contributed by atoms with Crippen LogP contribution in [0.4, 0.5) is 5.82 Å². The molecule has 0 aliphatic carbocycles. The number of rotatable bonds is 3. The van der Waals surface area contributed by atoms with Gasteiger partial charge in [-0.25, -0.2) is 4.98 Å². The van der Waals surface area contributed by atoms with Gasteiger partial charge in [-0.1, -0.05) is 13.8 Å². The SMILES string of the molecule is CC(C)Cc1cnc(N2CCOCC2=O)c(O)c1. The van der Waals surface area contributed by atoms with Crippen molar-refractivity contribution in [1.82, 2.24) is 4.98 Å². The molecule has 2 rings (SSSR count). The molecule has 1 saturated heterocycles. The normalized spacial score (nSPS) is 16.4. The third kappa shape index (κ3) is 2.79. The van der Waals surface area contributed by atoms with Crippen LogP contribution in [0.15, 0.2) is 12.3 Å². The third-order valence-electron chi connectivity index (χ3n) is 2.79. The quantitative estimate of drug-likeness (QED) is 0.879. The molecule has 1 aromatic heterocycles. The van der Waals surface area contributed by atoms with Gasteiger partial charge in [0.1, 0.15) is 6.61 Å². The van der Waals surface area contributed by atoms with Crippen molar-refractivity contribution in [2.75, 3.05) is 24.7 Å². The molecule has 0 spiro atoms. The zero-order valence-electron chi connectivity index (χ0n) is 10.7. The standard InChI is InChI=1S/C13H18N2O3/c1-9(2)5-10-6-11(16)13(14-7-10)15-3-4-18-8-12(15)17/h6-7,9,16H,3-5,8H2,1-2H3. The number of aromatic nitrogens is 1. The Morgan fingerprint density at radius 3 is 2.94 bits per heavy atom. The van der Waals surface area contributed by atoms with E-state index in [1.165, 1.54) is 4.90 Å². The Labute approximate surface area is 106 Å². The van der Waals surface area contributed by atoms with Crippen LogP contribution in [0.2, 0.25) is 0 Å². The first kappa shape index (κ1) is 12.8. The minimum Gasteiger partial charge on any atom is -0.504 e. The lowest BCUT2D eigenvalue weighted by Gasteiger charge is -2.26. The lowest BCUT2D eigenvalue weighted by Crippen LogP contribution is -2.42. The fourth-order valence-electron chi connectivity index (χ4n) is 2.02. The number of morpholine rings is 1. The van der Waals surface area contributed by atoms with Gasteiger partial charge >= 0.3 is 0 Å². The summed E-state index contributed by atoms with van der Waals surface area (Å²) in [5.74, 6) is 0.724. The van der Waals surface area contributed by atoms with E-state index in [9.17, 15) is 9.90 Å². The van der Waals surface area contributed by atoms with Crippen molar-refractivity contribution in [3.8, 4) is 5.75 Å². The van der Waals surface area contributed by atoms with Crippen LogP contribution in [0, 0.1) is 5.92 Å². The van der Waals surface area contributed by atoms with Gasteiger partial charge < -0.3 is 9.84 Å². The molecule has 1 fully saturated rings. The largest absolute Gasteiger partial charge is 0.504 e. The fourth-order valence-corrected chi connectivity index (χ4v) is 2.02. The van der Waals surface area contributed by atoms with Crippen molar-refractivity contribution in [3.63, 3.8) is 0 Å². The minimum absolute atomic E-state index is 0.0505. The Hall–Kier alpha value is -1.62. The first-order chi connectivity index (χ1) is 8.58. The van der Waals surface area contributed by atoms with Crippen molar-refractivity contribution in [2.24, 2.45) is 5.92 Å². The molecule has 0 saturated carbocycles. The Bertz CT molecular complexity index is 446. The molecule has 5 nitrogen and oxygen atoms in total. The van der Waals surface area contributed by atoms with Gasteiger partial charge in [0.15, 0.2) is 11.6 Å². The maximum Gasteiger partial charge on any atom is 0.254 e. The molecule has 5 heteroatoms. The second-order valence-electron chi connectivity index (χ2n) is 4.88. The van der Waals surface area contributed by atoms with Crippen LogP contribution in [0.1, 0.15) is 19.4 Å². The molecule has 0 atom stereocenters. The summed E-state index contributed by atoms with van der Waals surface area (Å²) in [5.41, 5.74) is 0.979. The maximum atomic E-state index is 11.7. The van der Waals surface area contributed by atoms with E-state index in [0.29, 0.717) is 24.9 Å². The zero-order valence-corrected chi connectivity index (χ0v) is 10.7. The number of carbonyl (C=O) groups is 1. The molecule has 0 unspecified atom stereocenters. The highest BCUT2D eigenvalue weighted by molar-refractivity contribution is 5.95.